The van der Waals surface area contributed by atoms with Gasteiger partial charge in [-0.15, -0.1) is 23.1 Å². The molecule has 0 N–H and O–H groups in total. The van der Waals surface area contributed by atoms with Crippen molar-refractivity contribution in [3.63, 3.8) is 0 Å². The monoisotopic (exact) mass is 269 g/mol. The summed E-state index contributed by atoms with van der Waals surface area (Å²) in [6, 6.07) is 4.05. The SMILES string of the molecule is CCSc1ccc(C(=O)CN2CCCCC2)s1. The summed E-state index contributed by atoms with van der Waals surface area (Å²) in [6.45, 7) is 4.93. The van der Waals surface area contributed by atoms with E-state index in [1.54, 1.807) is 11.3 Å². The van der Waals surface area contributed by atoms with Crippen LogP contribution in [0.5, 0.6) is 0 Å². The summed E-state index contributed by atoms with van der Waals surface area (Å²) in [6.07, 6.45) is 3.81. The lowest BCUT2D eigenvalue weighted by molar-refractivity contribution is 0.0920. The normalized spacial score (nSPS) is 17.2. The van der Waals surface area contributed by atoms with Crippen molar-refractivity contribution in [2.75, 3.05) is 25.4 Å². The molecular weight excluding hydrogens is 250 g/mol. The van der Waals surface area contributed by atoms with E-state index in [9.17, 15) is 4.79 Å². The maximum atomic E-state index is 12.1. The second-order valence-electron chi connectivity index (χ2n) is 4.31. The van der Waals surface area contributed by atoms with E-state index in [-0.39, 0.29) is 0 Å². The zero-order chi connectivity index (χ0) is 12.1. The van der Waals surface area contributed by atoms with E-state index >= 15 is 0 Å². The third-order valence-corrected chi connectivity index (χ3v) is 5.19. The topological polar surface area (TPSA) is 20.3 Å². The molecule has 1 aromatic rings. The number of nitrogens with zero attached hydrogens (tertiary/aromatic N) is 1. The predicted octanol–water partition coefficient (Wildman–Crippen LogP) is 3.53. The van der Waals surface area contributed by atoms with Gasteiger partial charge in [-0.05, 0) is 43.8 Å². The number of piperidine rings is 1. The molecule has 2 heterocycles. The van der Waals surface area contributed by atoms with Crippen LogP contribution in [-0.4, -0.2) is 36.1 Å². The number of rotatable bonds is 5. The highest BCUT2D eigenvalue weighted by Gasteiger charge is 2.16. The first-order valence-electron chi connectivity index (χ1n) is 6.28. The minimum Gasteiger partial charge on any atom is -0.296 e. The summed E-state index contributed by atoms with van der Waals surface area (Å²) in [7, 11) is 0. The van der Waals surface area contributed by atoms with Gasteiger partial charge < -0.3 is 0 Å². The summed E-state index contributed by atoms with van der Waals surface area (Å²) < 4.78 is 1.26. The van der Waals surface area contributed by atoms with Gasteiger partial charge in [0.05, 0.1) is 15.6 Å². The number of Topliss-reactive ketones (excluding diaryl/α,β-unsaturated/α-hetero) is 1. The van der Waals surface area contributed by atoms with Gasteiger partial charge >= 0.3 is 0 Å². The quantitative estimate of drug-likeness (QED) is 0.602. The lowest BCUT2D eigenvalue weighted by Crippen LogP contribution is -2.34. The van der Waals surface area contributed by atoms with Crippen LogP contribution in [0.1, 0.15) is 35.9 Å². The molecule has 1 aliphatic rings. The van der Waals surface area contributed by atoms with Crippen LogP contribution in [0.15, 0.2) is 16.3 Å². The van der Waals surface area contributed by atoms with Crippen molar-refractivity contribution < 1.29 is 4.79 Å². The van der Waals surface area contributed by atoms with Gasteiger partial charge in [0.2, 0.25) is 0 Å². The van der Waals surface area contributed by atoms with Crippen molar-refractivity contribution in [2.45, 2.75) is 30.4 Å². The molecular formula is C13H19NOS2. The van der Waals surface area contributed by atoms with Crippen molar-refractivity contribution in [3.8, 4) is 0 Å². The van der Waals surface area contributed by atoms with E-state index in [2.05, 4.69) is 17.9 Å². The maximum absolute atomic E-state index is 12.1. The number of ketones is 1. The standard InChI is InChI=1S/C13H19NOS2/c1-2-16-13-7-6-12(17-13)11(15)10-14-8-4-3-5-9-14/h6-7H,2-5,8-10H2,1H3. The first-order chi connectivity index (χ1) is 8.29. The molecule has 0 bridgehead atoms. The molecule has 0 aromatic carbocycles. The van der Waals surface area contributed by atoms with Crippen LogP contribution in [0, 0.1) is 0 Å². The Bertz CT molecular complexity index is 369. The van der Waals surface area contributed by atoms with Crippen LogP contribution >= 0.6 is 23.1 Å². The van der Waals surface area contributed by atoms with Gasteiger partial charge in [0.25, 0.3) is 0 Å². The first-order valence-corrected chi connectivity index (χ1v) is 8.08. The summed E-state index contributed by atoms with van der Waals surface area (Å²) in [5.41, 5.74) is 0. The van der Waals surface area contributed by atoms with E-state index in [1.807, 2.05) is 17.8 Å². The molecule has 0 atom stereocenters. The van der Waals surface area contributed by atoms with Crippen LogP contribution in [-0.2, 0) is 0 Å². The van der Waals surface area contributed by atoms with Crippen molar-refractivity contribution in [3.05, 3.63) is 17.0 Å². The van der Waals surface area contributed by atoms with E-state index < -0.39 is 0 Å². The van der Waals surface area contributed by atoms with Gasteiger partial charge in [0, 0.05) is 0 Å². The number of hydrogen-bond donors (Lipinski definition) is 0. The van der Waals surface area contributed by atoms with Gasteiger partial charge in [-0.1, -0.05) is 13.3 Å². The second kappa shape index (κ2) is 6.57. The van der Waals surface area contributed by atoms with Crippen molar-refractivity contribution in [1.82, 2.24) is 4.90 Å². The predicted molar refractivity (Wildman–Crippen MR) is 75.3 cm³/mol. The van der Waals surface area contributed by atoms with Crippen molar-refractivity contribution in [1.29, 1.82) is 0 Å². The molecule has 17 heavy (non-hydrogen) atoms. The molecule has 1 aromatic heterocycles. The molecule has 0 saturated carbocycles. The zero-order valence-corrected chi connectivity index (χ0v) is 11.9. The zero-order valence-electron chi connectivity index (χ0n) is 10.3. The Kier molecular flexibility index (Phi) is 5.07. The third kappa shape index (κ3) is 3.83. The summed E-state index contributed by atoms with van der Waals surface area (Å²) in [5.74, 6) is 1.36. The number of carbonyl (C=O) groups is 1. The molecule has 2 nitrogen and oxygen atoms in total. The van der Waals surface area contributed by atoms with E-state index in [4.69, 9.17) is 0 Å². The molecule has 2 rings (SSSR count). The first kappa shape index (κ1) is 13.1. The Morgan fingerprint density at radius 2 is 2.12 bits per heavy atom. The minimum absolute atomic E-state index is 0.292. The highest BCUT2D eigenvalue weighted by atomic mass is 32.2. The van der Waals surface area contributed by atoms with Gasteiger partial charge in [-0.3, -0.25) is 9.69 Å². The molecule has 0 spiro atoms. The number of thiophene rings is 1. The maximum Gasteiger partial charge on any atom is 0.186 e. The molecule has 1 saturated heterocycles. The number of hydrogen-bond acceptors (Lipinski definition) is 4. The van der Waals surface area contributed by atoms with Crippen LogP contribution in [0.25, 0.3) is 0 Å². The Morgan fingerprint density at radius 1 is 1.35 bits per heavy atom. The Balaban J connectivity index is 1.89. The highest BCUT2D eigenvalue weighted by molar-refractivity contribution is 8.01. The Hall–Kier alpha value is -0.320. The molecule has 0 aliphatic carbocycles. The van der Waals surface area contributed by atoms with Gasteiger partial charge in [0.1, 0.15) is 0 Å². The largest absolute Gasteiger partial charge is 0.296 e. The number of likely N-dealkylation sites (tertiary alicyclic amines) is 1. The van der Waals surface area contributed by atoms with Crippen LogP contribution in [0.3, 0.4) is 0 Å². The Labute approximate surface area is 111 Å². The molecule has 1 aliphatic heterocycles. The number of carbonyl (C=O) groups excluding carboxylic acids is 1. The fourth-order valence-electron chi connectivity index (χ4n) is 2.09. The van der Waals surface area contributed by atoms with Crippen LogP contribution < -0.4 is 0 Å². The van der Waals surface area contributed by atoms with E-state index in [0.29, 0.717) is 12.3 Å². The highest BCUT2D eigenvalue weighted by Crippen LogP contribution is 2.27. The van der Waals surface area contributed by atoms with E-state index in [1.165, 1.54) is 23.5 Å². The lowest BCUT2D eigenvalue weighted by Gasteiger charge is -2.25. The van der Waals surface area contributed by atoms with Crippen molar-refractivity contribution >= 4 is 28.9 Å². The van der Waals surface area contributed by atoms with Crippen LogP contribution in [0.2, 0.25) is 0 Å². The average molecular weight is 269 g/mol. The average Bonchev–Trinajstić information content (AvgIpc) is 2.79. The lowest BCUT2D eigenvalue weighted by atomic mass is 10.1. The fourth-order valence-corrected chi connectivity index (χ4v) is 4.06. The van der Waals surface area contributed by atoms with Gasteiger partial charge in [0.15, 0.2) is 5.78 Å². The molecule has 4 heteroatoms. The van der Waals surface area contributed by atoms with Gasteiger partial charge in [-0.25, -0.2) is 0 Å². The Morgan fingerprint density at radius 3 is 2.82 bits per heavy atom. The fraction of sp³-hybridized carbons (Fsp3) is 0.615. The minimum atomic E-state index is 0.292. The molecule has 0 radical (unpaired) electrons. The summed E-state index contributed by atoms with van der Waals surface area (Å²) in [4.78, 5) is 15.3. The smallest absolute Gasteiger partial charge is 0.186 e. The van der Waals surface area contributed by atoms with Gasteiger partial charge in [-0.2, -0.15) is 0 Å². The second-order valence-corrected chi connectivity index (χ2v) is 6.96. The molecule has 0 amide bonds. The molecule has 94 valence electrons. The van der Waals surface area contributed by atoms with Crippen molar-refractivity contribution in [2.24, 2.45) is 0 Å². The van der Waals surface area contributed by atoms with E-state index in [0.717, 1.165) is 23.7 Å². The summed E-state index contributed by atoms with van der Waals surface area (Å²) >= 11 is 3.45. The summed E-state index contributed by atoms with van der Waals surface area (Å²) in [5, 5.41) is 0. The number of thioether (sulfide) groups is 1. The molecule has 1 fully saturated rings. The molecule has 0 unspecified atom stereocenters. The van der Waals surface area contributed by atoms with Crippen LogP contribution in [0.4, 0.5) is 0 Å². The third-order valence-electron chi connectivity index (χ3n) is 2.96.